The van der Waals surface area contributed by atoms with Crippen molar-refractivity contribution in [3.05, 3.63) is 23.9 Å². The first kappa shape index (κ1) is 13.3. The molecule has 0 aliphatic carbocycles. The summed E-state index contributed by atoms with van der Waals surface area (Å²) in [6.07, 6.45) is 0. The summed E-state index contributed by atoms with van der Waals surface area (Å²) in [5.74, 6) is 2.08. The van der Waals surface area contributed by atoms with Crippen LogP contribution in [0.1, 0.15) is 5.69 Å². The predicted molar refractivity (Wildman–Crippen MR) is 73.0 cm³/mol. The van der Waals surface area contributed by atoms with Crippen molar-refractivity contribution in [1.82, 2.24) is 9.78 Å². The zero-order chi connectivity index (χ0) is 14.0. The maximum absolute atomic E-state index is 5.45. The number of methoxy groups -OCH3 is 3. The molecular formula is C14H18N2O3. The van der Waals surface area contributed by atoms with Gasteiger partial charge in [-0.1, -0.05) is 0 Å². The van der Waals surface area contributed by atoms with E-state index < -0.39 is 0 Å². The highest BCUT2D eigenvalue weighted by atomic mass is 16.5. The third-order valence-electron chi connectivity index (χ3n) is 2.97. The molecule has 102 valence electrons. The van der Waals surface area contributed by atoms with E-state index >= 15 is 0 Å². The average molecular weight is 262 g/mol. The number of hydrogen-bond donors (Lipinski definition) is 0. The van der Waals surface area contributed by atoms with E-state index in [1.54, 1.807) is 21.3 Å². The van der Waals surface area contributed by atoms with Crippen LogP contribution in [0.15, 0.2) is 18.2 Å². The van der Waals surface area contributed by atoms with Crippen molar-refractivity contribution < 1.29 is 14.2 Å². The molecule has 0 amide bonds. The van der Waals surface area contributed by atoms with Crippen molar-refractivity contribution >= 4 is 0 Å². The number of benzene rings is 1. The van der Waals surface area contributed by atoms with Crippen LogP contribution in [0.5, 0.6) is 17.2 Å². The maximum atomic E-state index is 5.45. The van der Waals surface area contributed by atoms with Gasteiger partial charge >= 0.3 is 0 Å². The molecule has 0 atom stereocenters. The summed E-state index contributed by atoms with van der Waals surface area (Å²) in [6.45, 7) is 1.95. The van der Waals surface area contributed by atoms with E-state index in [1.807, 2.05) is 36.9 Å². The van der Waals surface area contributed by atoms with Crippen LogP contribution in [0, 0.1) is 6.92 Å². The Labute approximate surface area is 112 Å². The second-order valence-corrected chi connectivity index (χ2v) is 4.20. The number of ether oxygens (including phenoxy) is 3. The first-order chi connectivity index (χ1) is 9.10. The summed E-state index contributed by atoms with van der Waals surface area (Å²) in [5, 5.41) is 4.36. The van der Waals surface area contributed by atoms with Gasteiger partial charge in [-0.2, -0.15) is 5.10 Å². The minimum atomic E-state index is 0.691. The number of aromatic nitrogens is 2. The lowest BCUT2D eigenvalue weighted by Gasteiger charge is -2.15. The molecule has 0 aliphatic heterocycles. The van der Waals surface area contributed by atoms with Gasteiger partial charge in [0.05, 0.1) is 38.3 Å². The molecule has 1 aromatic carbocycles. The fraction of sp³-hybridized carbons (Fsp3) is 0.357. The van der Waals surface area contributed by atoms with E-state index in [0.717, 1.165) is 17.0 Å². The van der Waals surface area contributed by atoms with Gasteiger partial charge in [-0.05, 0) is 13.0 Å². The van der Waals surface area contributed by atoms with Gasteiger partial charge in [0.15, 0.2) is 0 Å². The van der Waals surface area contributed by atoms with Crippen LogP contribution in [-0.4, -0.2) is 31.1 Å². The molecule has 1 aromatic heterocycles. The molecule has 0 unspecified atom stereocenters. The molecule has 1 heterocycles. The standard InChI is InChI=1S/C14H18N2O3/c1-9-6-11(16(2)15-9)14-12(18-4)7-10(17-3)8-13(14)19-5/h6-8H,1-5H3. The van der Waals surface area contributed by atoms with Gasteiger partial charge in [0.1, 0.15) is 17.2 Å². The normalized spacial score (nSPS) is 10.4. The third-order valence-corrected chi connectivity index (χ3v) is 2.97. The molecule has 0 bridgehead atoms. The van der Waals surface area contributed by atoms with Gasteiger partial charge in [-0.3, -0.25) is 4.68 Å². The van der Waals surface area contributed by atoms with Crippen molar-refractivity contribution in [2.24, 2.45) is 7.05 Å². The van der Waals surface area contributed by atoms with Crippen LogP contribution >= 0.6 is 0 Å². The first-order valence-corrected chi connectivity index (χ1v) is 5.91. The van der Waals surface area contributed by atoms with E-state index in [9.17, 15) is 0 Å². The van der Waals surface area contributed by atoms with Crippen LogP contribution in [0.2, 0.25) is 0 Å². The van der Waals surface area contributed by atoms with Crippen molar-refractivity contribution in [3.63, 3.8) is 0 Å². The number of nitrogens with zero attached hydrogens (tertiary/aromatic N) is 2. The molecule has 0 spiro atoms. The minimum absolute atomic E-state index is 0.691. The lowest BCUT2D eigenvalue weighted by molar-refractivity contribution is 0.377. The van der Waals surface area contributed by atoms with Gasteiger partial charge in [-0.25, -0.2) is 0 Å². The molecular weight excluding hydrogens is 244 g/mol. The summed E-state index contributed by atoms with van der Waals surface area (Å²) < 4.78 is 17.9. The van der Waals surface area contributed by atoms with Gasteiger partial charge < -0.3 is 14.2 Å². The van der Waals surface area contributed by atoms with Crippen LogP contribution in [-0.2, 0) is 7.05 Å². The lowest BCUT2D eigenvalue weighted by Crippen LogP contribution is -1.99. The van der Waals surface area contributed by atoms with Crippen LogP contribution < -0.4 is 14.2 Å². The van der Waals surface area contributed by atoms with Crippen molar-refractivity contribution in [2.45, 2.75) is 6.92 Å². The monoisotopic (exact) mass is 262 g/mol. The topological polar surface area (TPSA) is 45.5 Å². The second kappa shape index (κ2) is 5.22. The quantitative estimate of drug-likeness (QED) is 0.849. The summed E-state index contributed by atoms with van der Waals surface area (Å²) >= 11 is 0. The minimum Gasteiger partial charge on any atom is -0.496 e. The highest BCUT2D eigenvalue weighted by molar-refractivity contribution is 5.76. The van der Waals surface area contributed by atoms with E-state index in [1.165, 1.54) is 0 Å². The van der Waals surface area contributed by atoms with E-state index in [4.69, 9.17) is 14.2 Å². The molecule has 0 fully saturated rings. The van der Waals surface area contributed by atoms with Crippen LogP contribution in [0.25, 0.3) is 11.3 Å². The first-order valence-electron chi connectivity index (χ1n) is 5.91. The molecule has 0 saturated heterocycles. The SMILES string of the molecule is COc1cc(OC)c(-c2cc(C)nn2C)c(OC)c1. The Morgan fingerprint density at radius 1 is 0.947 bits per heavy atom. The molecule has 5 nitrogen and oxygen atoms in total. The summed E-state index contributed by atoms with van der Waals surface area (Å²) in [7, 11) is 6.76. The van der Waals surface area contributed by atoms with E-state index in [-0.39, 0.29) is 0 Å². The highest BCUT2D eigenvalue weighted by Crippen LogP contribution is 2.41. The maximum Gasteiger partial charge on any atom is 0.135 e. The predicted octanol–water partition coefficient (Wildman–Crippen LogP) is 2.42. The fourth-order valence-corrected chi connectivity index (χ4v) is 2.10. The Balaban J connectivity index is 2.70. The Kier molecular flexibility index (Phi) is 3.64. The van der Waals surface area contributed by atoms with Gasteiger partial charge in [0, 0.05) is 19.2 Å². The van der Waals surface area contributed by atoms with E-state index in [0.29, 0.717) is 17.2 Å². The second-order valence-electron chi connectivity index (χ2n) is 4.20. The van der Waals surface area contributed by atoms with Gasteiger partial charge in [0.2, 0.25) is 0 Å². The van der Waals surface area contributed by atoms with Crippen molar-refractivity contribution in [2.75, 3.05) is 21.3 Å². The van der Waals surface area contributed by atoms with Gasteiger partial charge in [-0.15, -0.1) is 0 Å². The third kappa shape index (κ3) is 2.36. The zero-order valence-electron chi connectivity index (χ0n) is 11.9. The molecule has 2 rings (SSSR count). The average Bonchev–Trinajstić information content (AvgIpc) is 2.75. The van der Waals surface area contributed by atoms with E-state index in [2.05, 4.69) is 5.10 Å². The molecule has 2 aromatic rings. The molecule has 5 heteroatoms. The Bertz CT molecular complexity index is 565. The molecule has 0 radical (unpaired) electrons. The molecule has 0 saturated carbocycles. The Hall–Kier alpha value is -2.17. The zero-order valence-corrected chi connectivity index (χ0v) is 11.9. The molecule has 0 N–H and O–H groups in total. The van der Waals surface area contributed by atoms with Crippen molar-refractivity contribution in [1.29, 1.82) is 0 Å². The number of rotatable bonds is 4. The number of hydrogen-bond acceptors (Lipinski definition) is 4. The highest BCUT2D eigenvalue weighted by Gasteiger charge is 2.18. The summed E-state index contributed by atoms with van der Waals surface area (Å²) in [4.78, 5) is 0. The largest absolute Gasteiger partial charge is 0.496 e. The molecule has 0 aliphatic rings. The smallest absolute Gasteiger partial charge is 0.135 e. The van der Waals surface area contributed by atoms with Crippen LogP contribution in [0.3, 0.4) is 0 Å². The van der Waals surface area contributed by atoms with Crippen LogP contribution in [0.4, 0.5) is 0 Å². The van der Waals surface area contributed by atoms with Gasteiger partial charge in [0.25, 0.3) is 0 Å². The summed E-state index contributed by atoms with van der Waals surface area (Å²) in [5.41, 5.74) is 2.75. The van der Waals surface area contributed by atoms with Crippen molar-refractivity contribution in [3.8, 4) is 28.5 Å². The molecule has 19 heavy (non-hydrogen) atoms. The Morgan fingerprint density at radius 3 is 1.89 bits per heavy atom. The summed E-state index contributed by atoms with van der Waals surface area (Å²) in [6, 6.07) is 5.66. The fourth-order valence-electron chi connectivity index (χ4n) is 2.10. The lowest BCUT2D eigenvalue weighted by atomic mass is 10.1. The number of aryl methyl sites for hydroxylation is 2. The Morgan fingerprint density at radius 2 is 1.53 bits per heavy atom.